The van der Waals surface area contributed by atoms with E-state index in [2.05, 4.69) is 8.54 Å². The zero-order valence-electron chi connectivity index (χ0n) is 4.79. The Bertz CT molecular complexity index is 122. The van der Waals surface area contributed by atoms with E-state index in [1.165, 1.54) is 0 Å². The molecule has 0 rings (SSSR count). The quantitative estimate of drug-likeness (QED) is 0.535. The molecule has 0 aromatic heterocycles. The smallest absolute Gasteiger partial charge is 0.512 e. The van der Waals surface area contributed by atoms with Gasteiger partial charge in [0.25, 0.3) is 0 Å². The second kappa shape index (κ2) is 4.33. The zero-order chi connectivity index (χ0) is 7.28. The Hall–Kier alpha value is -0.566. The molecule has 9 heavy (non-hydrogen) atoms. The van der Waals surface area contributed by atoms with Gasteiger partial charge in [-0.25, -0.2) is 0 Å². The van der Waals surface area contributed by atoms with Crippen LogP contribution in [0.3, 0.4) is 0 Å². The van der Waals surface area contributed by atoms with Crippen LogP contribution in [-0.4, -0.2) is 29.7 Å². The van der Waals surface area contributed by atoms with E-state index in [0.29, 0.717) is 0 Å². The lowest BCUT2D eigenvalue weighted by Gasteiger charge is -1.94. The molecule has 0 saturated carbocycles. The van der Waals surface area contributed by atoms with E-state index in [1.807, 2.05) is 0 Å². The van der Waals surface area contributed by atoms with Crippen LogP contribution in [0.1, 0.15) is 6.92 Å². The van der Waals surface area contributed by atoms with Gasteiger partial charge in [0.05, 0.1) is 6.61 Å². The molecule has 0 amide bonds. The summed E-state index contributed by atoms with van der Waals surface area (Å²) < 4.78 is 28.3. The Balaban J connectivity index is 3.39. The molecule has 0 heterocycles. The lowest BCUT2D eigenvalue weighted by Crippen LogP contribution is -2.18. The standard InChI is InChI=1S/C2H6O5Si2/c1-2-6-9(5)7-8(3)4/h3H,2H2,1H3. The molecule has 0 aliphatic carbocycles. The highest BCUT2D eigenvalue weighted by molar-refractivity contribution is 6.41. The van der Waals surface area contributed by atoms with Crippen LogP contribution in [0.4, 0.5) is 0 Å². The summed E-state index contributed by atoms with van der Waals surface area (Å²) in [4.78, 5) is 8.02. The molecule has 0 fully saturated rings. The van der Waals surface area contributed by atoms with Crippen molar-refractivity contribution in [3.8, 4) is 0 Å². The van der Waals surface area contributed by atoms with Gasteiger partial charge in [-0.2, -0.15) is 0 Å². The van der Waals surface area contributed by atoms with Crippen molar-refractivity contribution in [1.29, 1.82) is 0 Å². The molecular weight excluding hydrogens is 160 g/mol. The minimum atomic E-state index is -3.10. The first-order chi connectivity index (χ1) is 4.16. The minimum absolute atomic E-state index is 0.215. The van der Waals surface area contributed by atoms with Crippen LogP contribution < -0.4 is 0 Å². The molecule has 7 heteroatoms. The first-order valence-electron chi connectivity index (χ1n) is 2.24. The van der Waals surface area contributed by atoms with Gasteiger partial charge in [0.2, 0.25) is 0 Å². The summed E-state index contributed by atoms with van der Waals surface area (Å²) in [5, 5.41) is 0. The molecule has 52 valence electrons. The monoisotopic (exact) mass is 166 g/mol. The lowest BCUT2D eigenvalue weighted by molar-refractivity contribution is 0.218. The van der Waals surface area contributed by atoms with Crippen LogP contribution in [0, 0.1) is 0 Å². The SMILES string of the molecule is CCO[Si](=O)O[Si](=O)O. The van der Waals surface area contributed by atoms with Gasteiger partial charge < -0.3 is 13.3 Å². The Labute approximate surface area is 55.0 Å². The predicted octanol–water partition coefficient (Wildman–Crippen LogP) is -1.14. The van der Waals surface area contributed by atoms with Crippen molar-refractivity contribution in [3.63, 3.8) is 0 Å². The van der Waals surface area contributed by atoms with E-state index in [4.69, 9.17) is 4.80 Å². The van der Waals surface area contributed by atoms with Crippen LogP contribution in [0.15, 0.2) is 0 Å². The Morgan fingerprint density at radius 2 is 2.11 bits per heavy atom. The third-order valence-electron chi connectivity index (χ3n) is 0.433. The fraction of sp³-hybridized carbons (Fsp3) is 1.00. The highest BCUT2D eigenvalue weighted by Crippen LogP contribution is 1.75. The van der Waals surface area contributed by atoms with E-state index in [1.54, 1.807) is 6.92 Å². The molecule has 0 aliphatic heterocycles. The predicted molar refractivity (Wildman–Crippen MR) is 27.8 cm³/mol. The van der Waals surface area contributed by atoms with E-state index in [9.17, 15) is 8.92 Å². The largest absolute Gasteiger partial charge is 0.761 e. The molecule has 0 bridgehead atoms. The molecule has 0 radical (unpaired) electrons. The van der Waals surface area contributed by atoms with Crippen molar-refractivity contribution in [1.82, 2.24) is 0 Å². The topological polar surface area (TPSA) is 72.8 Å². The van der Waals surface area contributed by atoms with E-state index in [0.717, 1.165) is 0 Å². The maximum atomic E-state index is 10.3. The van der Waals surface area contributed by atoms with Gasteiger partial charge >= 0.3 is 18.3 Å². The van der Waals surface area contributed by atoms with Gasteiger partial charge in [0, 0.05) is 0 Å². The number of rotatable bonds is 4. The maximum Gasteiger partial charge on any atom is 0.761 e. The first-order valence-corrected chi connectivity index (χ1v) is 4.73. The van der Waals surface area contributed by atoms with E-state index >= 15 is 0 Å². The van der Waals surface area contributed by atoms with Crippen LogP contribution in [-0.2, 0) is 17.5 Å². The van der Waals surface area contributed by atoms with Crippen molar-refractivity contribution in [3.05, 3.63) is 0 Å². The van der Waals surface area contributed by atoms with Crippen LogP contribution >= 0.6 is 0 Å². The molecule has 0 aromatic rings. The van der Waals surface area contributed by atoms with Gasteiger partial charge in [0.1, 0.15) is 0 Å². The average Bonchev–Trinajstić information content (AvgIpc) is 1.63. The summed E-state index contributed by atoms with van der Waals surface area (Å²) in [5.41, 5.74) is 0. The average molecular weight is 166 g/mol. The van der Waals surface area contributed by atoms with Crippen molar-refractivity contribution in [2.75, 3.05) is 6.61 Å². The molecule has 0 unspecified atom stereocenters. The van der Waals surface area contributed by atoms with Gasteiger partial charge in [-0.3, -0.25) is 8.92 Å². The molecule has 1 N–H and O–H groups in total. The van der Waals surface area contributed by atoms with Crippen molar-refractivity contribution < 1.29 is 22.3 Å². The summed E-state index contributed by atoms with van der Waals surface area (Å²) in [6, 6.07) is 0. The number of hydrogen-bond donors (Lipinski definition) is 1. The first kappa shape index (κ1) is 8.43. The number of hydrogen-bond acceptors (Lipinski definition) is 4. The summed E-state index contributed by atoms with van der Waals surface area (Å²) >= 11 is 0. The van der Waals surface area contributed by atoms with E-state index in [-0.39, 0.29) is 6.61 Å². The molecule has 5 nitrogen and oxygen atoms in total. The molecule has 0 atom stereocenters. The van der Waals surface area contributed by atoms with Crippen LogP contribution in [0.5, 0.6) is 0 Å². The lowest BCUT2D eigenvalue weighted by atomic mass is 10.9. The fourth-order valence-electron chi connectivity index (χ4n) is 0.219. The second-order valence-electron chi connectivity index (χ2n) is 1.05. The Kier molecular flexibility index (Phi) is 4.05. The Morgan fingerprint density at radius 1 is 1.56 bits per heavy atom. The van der Waals surface area contributed by atoms with Gasteiger partial charge in [-0.1, -0.05) is 0 Å². The van der Waals surface area contributed by atoms with Crippen molar-refractivity contribution >= 4 is 18.3 Å². The summed E-state index contributed by atoms with van der Waals surface area (Å²) in [5.74, 6) is 0. The van der Waals surface area contributed by atoms with Crippen molar-refractivity contribution in [2.45, 2.75) is 6.92 Å². The molecule has 0 spiro atoms. The van der Waals surface area contributed by atoms with Crippen molar-refractivity contribution in [2.24, 2.45) is 0 Å². The zero-order valence-corrected chi connectivity index (χ0v) is 6.79. The third kappa shape index (κ3) is 5.30. The van der Waals surface area contributed by atoms with Crippen LogP contribution in [0.2, 0.25) is 0 Å². The summed E-state index contributed by atoms with van der Waals surface area (Å²) in [6.45, 7) is 1.83. The van der Waals surface area contributed by atoms with E-state index < -0.39 is 18.3 Å². The van der Waals surface area contributed by atoms with Gasteiger partial charge in [-0.05, 0) is 6.92 Å². The Morgan fingerprint density at radius 3 is 2.44 bits per heavy atom. The highest BCUT2D eigenvalue weighted by atomic mass is 28.4. The maximum absolute atomic E-state index is 10.3. The van der Waals surface area contributed by atoms with Gasteiger partial charge in [-0.15, -0.1) is 0 Å². The molecular formula is C2H6O5Si2. The fourth-order valence-corrected chi connectivity index (χ4v) is 1.26. The summed E-state index contributed by atoms with van der Waals surface area (Å²) in [7, 11) is -5.81. The highest BCUT2D eigenvalue weighted by Gasteiger charge is 2.16. The summed E-state index contributed by atoms with van der Waals surface area (Å²) in [6.07, 6.45) is 0. The second-order valence-corrected chi connectivity index (χ2v) is 3.19. The van der Waals surface area contributed by atoms with Gasteiger partial charge in [0.15, 0.2) is 0 Å². The molecule has 0 aliphatic rings. The third-order valence-corrected chi connectivity index (χ3v) is 2.32. The van der Waals surface area contributed by atoms with Crippen LogP contribution in [0.25, 0.3) is 0 Å². The minimum Gasteiger partial charge on any atom is -0.512 e. The normalized spacial score (nSPS) is 8.11. The molecule has 0 aromatic carbocycles. The molecule has 0 saturated heterocycles.